The van der Waals surface area contributed by atoms with Gasteiger partial charge in [0.1, 0.15) is 28.2 Å². The Bertz CT molecular complexity index is 967. The SMILES string of the molecule is O=c1c(-c2ccccc2)c(C2CCCCC2)oc2cc(O)cc(O)c12. The van der Waals surface area contributed by atoms with E-state index in [0.29, 0.717) is 11.3 Å². The predicted molar refractivity (Wildman–Crippen MR) is 97.1 cm³/mol. The van der Waals surface area contributed by atoms with Crippen LogP contribution in [0.5, 0.6) is 11.5 Å². The molecule has 0 amide bonds. The Kier molecular flexibility index (Phi) is 3.96. The van der Waals surface area contributed by atoms with Gasteiger partial charge in [0.15, 0.2) is 0 Å². The summed E-state index contributed by atoms with van der Waals surface area (Å²) in [7, 11) is 0. The molecule has 1 aliphatic rings. The molecule has 2 aromatic carbocycles. The van der Waals surface area contributed by atoms with Crippen LogP contribution in [-0.2, 0) is 0 Å². The van der Waals surface area contributed by atoms with Crippen LogP contribution in [0.4, 0.5) is 0 Å². The van der Waals surface area contributed by atoms with Gasteiger partial charge in [-0.15, -0.1) is 0 Å². The Balaban J connectivity index is 2.05. The average Bonchev–Trinajstić information content (AvgIpc) is 2.62. The highest BCUT2D eigenvalue weighted by atomic mass is 16.3. The van der Waals surface area contributed by atoms with E-state index >= 15 is 0 Å². The van der Waals surface area contributed by atoms with E-state index in [1.165, 1.54) is 18.6 Å². The van der Waals surface area contributed by atoms with Gasteiger partial charge in [-0.2, -0.15) is 0 Å². The second-order valence-corrected chi connectivity index (χ2v) is 6.71. The van der Waals surface area contributed by atoms with Crippen molar-refractivity contribution in [3.8, 4) is 22.6 Å². The van der Waals surface area contributed by atoms with Gasteiger partial charge in [-0.05, 0) is 18.4 Å². The number of aromatic hydroxyl groups is 2. The molecule has 0 bridgehead atoms. The lowest BCUT2D eigenvalue weighted by atomic mass is 9.84. The molecule has 0 atom stereocenters. The molecule has 1 aromatic heterocycles. The fourth-order valence-electron chi connectivity index (χ4n) is 3.83. The summed E-state index contributed by atoms with van der Waals surface area (Å²) >= 11 is 0. The van der Waals surface area contributed by atoms with Gasteiger partial charge in [0.05, 0.1) is 5.56 Å². The van der Waals surface area contributed by atoms with Gasteiger partial charge in [0.25, 0.3) is 0 Å². The van der Waals surface area contributed by atoms with Crippen LogP contribution < -0.4 is 5.43 Å². The number of hydrogen-bond donors (Lipinski definition) is 2. The molecular formula is C21H20O4. The minimum absolute atomic E-state index is 0.116. The van der Waals surface area contributed by atoms with E-state index in [0.717, 1.165) is 31.2 Å². The highest BCUT2D eigenvalue weighted by molar-refractivity contribution is 5.89. The lowest BCUT2D eigenvalue weighted by Crippen LogP contribution is -2.14. The maximum atomic E-state index is 13.2. The van der Waals surface area contributed by atoms with Crippen LogP contribution in [0.3, 0.4) is 0 Å². The van der Waals surface area contributed by atoms with Crippen molar-refractivity contribution in [2.75, 3.05) is 0 Å². The van der Waals surface area contributed by atoms with Crippen molar-refractivity contribution in [3.63, 3.8) is 0 Å². The zero-order chi connectivity index (χ0) is 17.4. The normalized spacial score (nSPS) is 15.5. The standard InChI is InChI=1S/C21H20O4/c22-15-11-16(23)19-17(12-15)25-21(14-9-5-2-6-10-14)18(20(19)24)13-7-3-1-4-8-13/h1,3-4,7-8,11-12,14,22-23H,2,5-6,9-10H2. The van der Waals surface area contributed by atoms with Crippen molar-refractivity contribution in [1.29, 1.82) is 0 Å². The summed E-state index contributed by atoms with van der Waals surface area (Å²) in [4.78, 5) is 13.2. The van der Waals surface area contributed by atoms with Gasteiger partial charge >= 0.3 is 0 Å². The van der Waals surface area contributed by atoms with Crippen molar-refractivity contribution >= 4 is 11.0 Å². The highest BCUT2D eigenvalue weighted by Crippen LogP contribution is 2.40. The molecule has 1 saturated carbocycles. The van der Waals surface area contributed by atoms with Gasteiger partial charge in [0, 0.05) is 18.1 Å². The zero-order valence-corrected chi connectivity index (χ0v) is 13.9. The number of benzene rings is 2. The fraction of sp³-hybridized carbons (Fsp3) is 0.286. The first-order valence-corrected chi connectivity index (χ1v) is 8.73. The molecule has 0 spiro atoms. The minimum atomic E-state index is -0.254. The number of fused-ring (bicyclic) bond motifs is 1. The Morgan fingerprint density at radius 1 is 0.960 bits per heavy atom. The number of phenols is 2. The van der Waals surface area contributed by atoms with Crippen molar-refractivity contribution in [2.24, 2.45) is 0 Å². The summed E-state index contributed by atoms with van der Waals surface area (Å²) in [5, 5.41) is 20.1. The van der Waals surface area contributed by atoms with Crippen LogP contribution in [0, 0.1) is 0 Å². The first-order chi connectivity index (χ1) is 12.1. The van der Waals surface area contributed by atoms with Crippen molar-refractivity contribution in [3.05, 3.63) is 58.4 Å². The van der Waals surface area contributed by atoms with Crippen molar-refractivity contribution < 1.29 is 14.6 Å². The van der Waals surface area contributed by atoms with Crippen molar-refractivity contribution in [2.45, 2.75) is 38.0 Å². The maximum absolute atomic E-state index is 13.2. The number of hydrogen-bond acceptors (Lipinski definition) is 4. The van der Waals surface area contributed by atoms with Gasteiger partial charge in [0.2, 0.25) is 5.43 Å². The first kappa shape index (κ1) is 15.8. The molecule has 4 heteroatoms. The Hall–Kier alpha value is -2.75. The molecule has 3 aromatic rings. The summed E-state index contributed by atoms with van der Waals surface area (Å²) < 4.78 is 6.11. The van der Waals surface area contributed by atoms with E-state index in [-0.39, 0.29) is 33.8 Å². The number of phenolic OH excluding ortho intramolecular Hbond substituents is 2. The summed E-state index contributed by atoms with van der Waals surface area (Å²) in [6.45, 7) is 0. The summed E-state index contributed by atoms with van der Waals surface area (Å²) in [5.41, 5.74) is 1.32. The molecule has 0 aliphatic heterocycles. The van der Waals surface area contributed by atoms with Crippen LogP contribution in [0.25, 0.3) is 22.1 Å². The smallest absolute Gasteiger partial charge is 0.204 e. The van der Waals surface area contributed by atoms with Crippen LogP contribution in [0.15, 0.2) is 51.7 Å². The van der Waals surface area contributed by atoms with E-state index in [2.05, 4.69) is 0 Å². The van der Waals surface area contributed by atoms with Crippen LogP contribution in [-0.4, -0.2) is 10.2 Å². The van der Waals surface area contributed by atoms with Crippen molar-refractivity contribution in [1.82, 2.24) is 0 Å². The lowest BCUT2D eigenvalue weighted by Gasteiger charge is -2.23. The van der Waals surface area contributed by atoms with Crippen LogP contribution in [0.1, 0.15) is 43.8 Å². The Morgan fingerprint density at radius 3 is 2.40 bits per heavy atom. The van der Waals surface area contributed by atoms with Gasteiger partial charge in [-0.1, -0.05) is 49.6 Å². The molecule has 25 heavy (non-hydrogen) atoms. The third-order valence-electron chi connectivity index (χ3n) is 5.02. The monoisotopic (exact) mass is 336 g/mol. The quantitative estimate of drug-likeness (QED) is 0.697. The fourth-order valence-corrected chi connectivity index (χ4v) is 3.83. The molecule has 2 N–H and O–H groups in total. The second kappa shape index (κ2) is 6.28. The van der Waals surface area contributed by atoms with Gasteiger partial charge in [-0.3, -0.25) is 4.79 Å². The third-order valence-corrected chi connectivity index (χ3v) is 5.02. The lowest BCUT2D eigenvalue weighted by molar-refractivity contribution is 0.380. The molecule has 4 rings (SSSR count). The summed E-state index contributed by atoms with van der Waals surface area (Å²) in [6.07, 6.45) is 5.41. The molecule has 128 valence electrons. The third kappa shape index (κ3) is 2.78. The van der Waals surface area contributed by atoms with E-state index in [1.54, 1.807) is 0 Å². The Labute approximate surface area is 145 Å². The topological polar surface area (TPSA) is 70.7 Å². The van der Waals surface area contributed by atoms with Crippen LogP contribution in [0.2, 0.25) is 0 Å². The Morgan fingerprint density at radius 2 is 1.68 bits per heavy atom. The van der Waals surface area contributed by atoms with Gasteiger partial charge in [-0.25, -0.2) is 0 Å². The maximum Gasteiger partial charge on any atom is 0.204 e. The zero-order valence-electron chi connectivity index (χ0n) is 13.9. The van der Waals surface area contributed by atoms with E-state index in [1.807, 2.05) is 30.3 Å². The largest absolute Gasteiger partial charge is 0.508 e. The molecule has 0 unspecified atom stereocenters. The molecule has 1 fully saturated rings. The van der Waals surface area contributed by atoms with E-state index in [9.17, 15) is 15.0 Å². The predicted octanol–water partition coefficient (Wildman–Crippen LogP) is 4.92. The molecule has 4 nitrogen and oxygen atoms in total. The molecule has 1 aliphatic carbocycles. The molecule has 0 radical (unpaired) electrons. The average molecular weight is 336 g/mol. The number of rotatable bonds is 2. The minimum Gasteiger partial charge on any atom is -0.508 e. The molecular weight excluding hydrogens is 316 g/mol. The van der Waals surface area contributed by atoms with Gasteiger partial charge < -0.3 is 14.6 Å². The molecule has 1 heterocycles. The second-order valence-electron chi connectivity index (χ2n) is 6.71. The molecule has 0 saturated heterocycles. The first-order valence-electron chi connectivity index (χ1n) is 8.73. The van der Waals surface area contributed by atoms with Crippen LogP contribution >= 0.6 is 0 Å². The van der Waals surface area contributed by atoms with E-state index in [4.69, 9.17) is 4.42 Å². The highest BCUT2D eigenvalue weighted by Gasteiger charge is 2.26. The van der Waals surface area contributed by atoms with E-state index < -0.39 is 0 Å². The summed E-state index contributed by atoms with van der Waals surface area (Å²) in [5.74, 6) is 0.491. The summed E-state index contributed by atoms with van der Waals surface area (Å²) in [6, 6.07) is 12.0.